The number of thioether (sulfide) groups is 1. The summed E-state index contributed by atoms with van der Waals surface area (Å²) >= 11 is 1.30. The zero-order valence-electron chi connectivity index (χ0n) is 11.8. The van der Waals surface area contributed by atoms with Crippen LogP contribution in [0.1, 0.15) is 0 Å². The molecule has 0 radical (unpaired) electrons. The number of hydrogen-bond acceptors (Lipinski definition) is 6. The summed E-state index contributed by atoms with van der Waals surface area (Å²) in [6, 6.07) is 9.24. The largest absolute Gasteiger partial charge is 0.486 e. The molecule has 114 valence electrons. The van der Waals surface area contributed by atoms with E-state index in [2.05, 4.69) is 15.3 Å². The third-order valence-corrected chi connectivity index (χ3v) is 3.84. The fraction of sp³-hybridized carbons (Fsp3) is 0.267. The van der Waals surface area contributed by atoms with Gasteiger partial charge < -0.3 is 14.8 Å². The molecule has 3 rings (SSSR count). The summed E-state index contributed by atoms with van der Waals surface area (Å²) in [4.78, 5) is 19.9. The lowest BCUT2D eigenvalue weighted by atomic mass is 10.2. The molecule has 0 aliphatic carbocycles. The zero-order chi connectivity index (χ0) is 15.2. The van der Waals surface area contributed by atoms with Gasteiger partial charge in [0, 0.05) is 12.4 Å². The highest BCUT2D eigenvalue weighted by molar-refractivity contribution is 7.99. The number of carbonyl (C=O) groups excluding carboxylic acids is 1. The summed E-state index contributed by atoms with van der Waals surface area (Å²) in [6.45, 7) is 0.829. The van der Waals surface area contributed by atoms with Crippen LogP contribution in [-0.4, -0.2) is 40.9 Å². The molecule has 1 atom stereocenters. The molecule has 7 heteroatoms. The van der Waals surface area contributed by atoms with Gasteiger partial charge in [0.25, 0.3) is 0 Å². The molecule has 0 saturated heterocycles. The van der Waals surface area contributed by atoms with E-state index in [1.54, 1.807) is 18.5 Å². The minimum atomic E-state index is -0.183. The summed E-state index contributed by atoms with van der Waals surface area (Å²) < 4.78 is 11.4. The first kappa shape index (κ1) is 14.6. The monoisotopic (exact) mass is 317 g/mol. The summed E-state index contributed by atoms with van der Waals surface area (Å²) in [5, 5.41) is 3.42. The second kappa shape index (κ2) is 7.13. The van der Waals surface area contributed by atoms with Crippen LogP contribution in [-0.2, 0) is 4.79 Å². The number of para-hydroxylation sites is 2. The van der Waals surface area contributed by atoms with Gasteiger partial charge in [-0.2, -0.15) is 0 Å². The van der Waals surface area contributed by atoms with Gasteiger partial charge in [0.15, 0.2) is 16.7 Å². The third-order valence-electron chi connectivity index (χ3n) is 2.97. The molecule has 0 spiro atoms. The van der Waals surface area contributed by atoms with E-state index in [0.29, 0.717) is 24.1 Å². The van der Waals surface area contributed by atoms with Crippen LogP contribution in [0.5, 0.6) is 11.5 Å². The molecule has 0 bridgehead atoms. The van der Waals surface area contributed by atoms with E-state index in [-0.39, 0.29) is 17.8 Å². The van der Waals surface area contributed by atoms with Crippen molar-refractivity contribution in [3.05, 3.63) is 42.7 Å². The number of amides is 1. The topological polar surface area (TPSA) is 73.3 Å². The van der Waals surface area contributed by atoms with Gasteiger partial charge >= 0.3 is 0 Å². The van der Waals surface area contributed by atoms with Crippen LogP contribution in [0.4, 0.5) is 0 Å². The van der Waals surface area contributed by atoms with Crippen molar-refractivity contribution >= 4 is 17.7 Å². The predicted octanol–water partition coefficient (Wildman–Crippen LogP) is 1.52. The molecular formula is C15H15N3O3S. The van der Waals surface area contributed by atoms with Gasteiger partial charge in [-0.05, 0) is 18.2 Å². The number of benzene rings is 1. The Balaban J connectivity index is 1.42. The Morgan fingerprint density at radius 3 is 2.82 bits per heavy atom. The molecule has 1 aliphatic heterocycles. The first-order chi connectivity index (χ1) is 10.8. The van der Waals surface area contributed by atoms with Gasteiger partial charge in [-0.1, -0.05) is 23.9 Å². The number of ether oxygens (including phenoxy) is 2. The van der Waals surface area contributed by atoms with E-state index in [4.69, 9.17) is 9.47 Å². The maximum absolute atomic E-state index is 11.8. The SMILES string of the molecule is O=C(CSc1ncccn1)NC[C@H]1COc2ccccc2O1. The minimum absolute atomic E-state index is 0.0834. The van der Waals surface area contributed by atoms with Gasteiger partial charge in [0.1, 0.15) is 12.7 Å². The molecule has 6 nitrogen and oxygen atoms in total. The summed E-state index contributed by atoms with van der Waals surface area (Å²) in [7, 11) is 0. The molecule has 1 aromatic carbocycles. The van der Waals surface area contributed by atoms with Crippen LogP contribution in [0.15, 0.2) is 47.9 Å². The number of hydrogen-bond donors (Lipinski definition) is 1. The first-order valence-corrected chi connectivity index (χ1v) is 7.85. The standard InChI is InChI=1S/C15H15N3O3S/c19-14(10-22-15-16-6-3-7-17-15)18-8-11-9-20-12-4-1-2-5-13(12)21-11/h1-7,11H,8-10H2,(H,18,19)/t11-/m0/s1. The third kappa shape index (κ3) is 3.88. The van der Waals surface area contributed by atoms with Gasteiger partial charge in [-0.3, -0.25) is 4.79 Å². The van der Waals surface area contributed by atoms with Crippen LogP contribution in [0, 0.1) is 0 Å². The van der Waals surface area contributed by atoms with Crippen molar-refractivity contribution in [3.8, 4) is 11.5 Å². The molecule has 0 fully saturated rings. The van der Waals surface area contributed by atoms with Gasteiger partial charge in [0.05, 0.1) is 12.3 Å². The van der Waals surface area contributed by atoms with E-state index in [9.17, 15) is 4.79 Å². The molecule has 1 N–H and O–H groups in total. The van der Waals surface area contributed by atoms with Crippen LogP contribution in [0.2, 0.25) is 0 Å². The van der Waals surface area contributed by atoms with E-state index < -0.39 is 0 Å². The van der Waals surface area contributed by atoms with E-state index in [1.807, 2.05) is 24.3 Å². The smallest absolute Gasteiger partial charge is 0.230 e. The highest BCUT2D eigenvalue weighted by atomic mass is 32.2. The van der Waals surface area contributed by atoms with Gasteiger partial charge in [0.2, 0.25) is 5.91 Å². The second-order valence-electron chi connectivity index (χ2n) is 4.62. The predicted molar refractivity (Wildman–Crippen MR) is 82.1 cm³/mol. The number of carbonyl (C=O) groups is 1. The average Bonchev–Trinajstić information content (AvgIpc) is 2.59. The lowest BCUT2D eigenvalue weighted by Crippen LogP contribution is -2.41. The van der Waals surface area contributed by atoms with Gasteiger partial charge in [-0.25, -0.2) is 9.97 Å². The van der Waals surface area contributed by atoms with E-state index in [1.165, 1.54) is 11.8 Å². The highest BCUT2D eigenvalue weighted by Gasteiger charge is 2.20. The fourth-order valence-electron chi connectivity index (χ4n) is 1.93. The van der Waals surface area contributed by atoms with E-state index in [0.717, 1.165) is 5.75 Å². The molecule has 22 heavy (non-hydrogen) atoms. The Kier molecular flexibility index (Phi) is 4.75. The number of nitrogens with zero attached hydrogens (tertiary/aromatic N) is 2. The van der Waals surface area contributed by atoms with Crippen molar-refractivity contribution in [2.75, 3.05) is 18.9 Å². The molecule has 2 heterocycles. The lowest BCUT2D eigenvalue weighted by molar-refractivity contribution is -0.119. The van der Waals surface area contributed by atoms with Gasteiger partial charge in [-0.15, -0.1) is 0 Å². The Bertz CT molecular complexity index is 639. The number of rotatable bonds is 5. The Hall–Kier alpha value is -2.28. The summed E-state index contributed by atoms with van der Waals surface area (Å²) in [6.07, 6.45) is 3.12. The molecule has 1 aromatic heterocycles. The summed E-state index contributed by atoms with van der Waals surface area (Å²) in [5.41, 5.74) is 0. The Morgan fingerprint density at radius 1 is 1.23 bits per heavy atom. The van der Waals surface area contributed by atoms with Crippen molar-refractivity contribution < 1.29 is 14.3 Å². The van der Waals surface area contributed by atoms with Crippen molar-refractivity contribution in [1.29, 1.82) is 0 Å². The molecule has 2 aromatic rings. The van der Waals surface area contributed by atoms with Crippen LogP contribution in [0.3, 0.4) is 0 Å². The van der Waals surface area contributed by atoms with Crippen molar-refractivity contribution in [2.45, 2.75) is 11.3 Å². The Morgan fingerprint density at radius 2 is 2.00 bits per heavy atom. The quantitative estimate of drug-likeness (QED) is 0.666. The minimum Gasteiger partial charge on any atom is -0.486 e. The molecule has 0 unspecified atom stereocenters. The molecule has 1 amide bonds. The first-order valence-electron chi connectivity index (χ1n) is 6.86. The van der Waals surface area contributed by atoms with Crippen molar-refractivity contribution in [2.24, 2.45) is 0 Å². The van der Waals surface area contributed by atoms with Crippen LogP contribution in [0.25, 0.3) is 0 Å². The number of aromatic nitrogens is 2. The normalized spacial score (nSPS) is 16.1. The van der Waals surface area contributed by atoms with Crippen molar-refractivity contribution in [3.63, 3.8) is 0 Å². The second-order valence-corrected chi connectivity index (χ2v) is 5.56. The number of fused-ring (bicyclic) bond motifs is 1. The number of nitrogens with one attached hydrogen (secondary N) is 1. The average molecular weight is 317 g/mol. The van der Waals surface area contributed by atoms with Crippen molar-refractivity contribution in [1.82, 2.24) is 15.3 Å². The lowest BCUT2D eigenvalue weighted by Gasteiger charge is -2.26. The Labute approximate surface area is 132 Å². The molecule has 0 saturated carbocycles. The molecule has 1 aliphatic rings. The maximum atomic E-state index is 11.8. The highest BCUT2D eigenvalue weighted by Crippen LogP contribution is 2.30. The molecular weight excluding hydrogens is 302 g/mol. The maximum Gasteiger partial charge on any atom is 0.230 e. The van der Waals surface area contributed by atoms with Crippen LogP contribution < -0.4 is 14.8 Å². The van der Waals surface area contributed by atoms with Crippen LogP contribution >= 0.6 is 11.8 Å². The zero-order valence-corrected chi connectivity index (χ0v) is 12.6. The van der Waals surface area contributed by atoms with E-state index >= 15 is 0 Å². The summed E-state index contributed by atoms with van der Waals surface area (Å²) in [5.74, 6) is 1.63. The fourth-order valence-corrected chi connectivity index (χ4v) is 2.57.